The minimum Gasteiger partial charge on any atom is -0.497 e. The molecule has 0 bridgehead atoms. The van der Waals surface area contributed by atoms with Gasteiger partial charge in [-0.15, -0.1) is 0 Å². The van der Waals surface area contributed by atoms with Crippen LogP contribution in [-0.2, 0) is 5.54 Å². The topological polar surface area (TPSA) is 41.5 Å². The molecular formula is C17H21NO2. The van der Waals surface area contributed by atoms with Crippen LogP contribution in [0.15, 0.2) is 48.5 Å². The number of rotatable bonds is 5. The van der Waals surface area contributed by atoms with Gasteiger partial charge in [-0.1, -0.05) is 24.3 Å². The molecular weight excluding hydrogens is 250 g/mol. The smallest absolute Gasteiger partial charge is 0.119 e. The van der Waals surface area contributed by atoms with E-state index in [1.807, 2.05) is 49.4 Å². The van der Waals surface area contributed by atoms with Crippen molar-refractivity contribution >= 4 is 5.69 Å². The summed E-state index contributed by atoms with van der Waals surface area (Å²) in [4.78, 5) is 0. The molecule has 0 saturated carbocycles. The molecule has 2 N–H and O–H groups in total. The van der Waals surface area contributed by atoms with Crippen molar-refractivity contribution in [3.63, 3.8) is 0 Å². The first kappa shape index (κ1) is 14.4. The Labute approximate surface area is 120 Å². The Morgan fingerprint density at radius 3 is 2.30 bits per heavy atom. The van der Waals surface area contributed by atoms with Gasteiger partial charge in [0.15, 0.2) is 0 Å². The van der Waals surface area contributed by atoms with Gasteiger partial charge in [0.25, 0.3) is 0 Å². The van der Waals surface area contributed by atoms with Gasteiger partial charge in [0.2, 0.25) is 0 Å². The van der Waals surface area contributed by atoms with E-state index in [1.54, 1.807) is 7.11 Å². The molecule has 2 aromatic rings. The van der Waals surface area contributed by atoms with Gasteiger partial charge in [-0.3, -0.25) is 0 Å². The van der Waals surface area contributed by atoms with E-state index in [0.29, 0.717) is 0 Å². The van der Waals surface area contributed by atoms with E-state index in [1.165, 1.54) is 0 Å². The van der Waals surface area contributed by atoms with E-state index < -0.39 is 5.54 Å². The second-order valence-electron chi connectivity index (χ2n) is 5.16. The van der Waals surface area contributed by atoms with Crippen molar-refractivity contribution in [2.24, 2.45) is 0 Å². The van der Waals surface area contributed by atoms with Crippen LogP contribution in [0.5, 0.6) is 5.75 Å². The number of anilines is 1. The Morgan fingerprint density at radius 2 is 1.75 bits per heavy atom. The van der Waals surface area contributed by atoms with Gasteiger partial charge in [0.05, 0.1) is 19.3 Å². The molecule has 0 heterocycles. The number of hydrogen-bond donors (Lipinski definition) is 2. The molecule has 0 aliphatic heterocycles. The zero-order valence-corrected chi connectivity index (χ0v) is 12.2. The molecule has 0 aliphatic carbocycles. The highest BCUT2D eigenvalue weighted by atomic mass is 16.5. The summed E-state index contributed by atoms with van der Waals surface area (Å²) in [6.07, 6.45) is 0. The lowest BCUT2D eigenvalue weighted by atomic mass is 9.89. The van der Waals surface area contributed by atoms with Gasteiger partial charge >= 0.3 is 0 Å². The summed E-state index contributed by atoms with van der Waals surface area (Å²) in [6.45, 7) is 4.07. The van der Waals surface area contributed by atoms with Gasteiger partial charge < -0.3 is 15.2 Å². The third-order valence-electron chi connectivity index (χ3n) is 3.57. The molecule has 0 aliphatic rings. The van der Waals surface area contributed by atoms with E-state index in [-0.39, 0.29) is 6.61 Å². The highest BCUT2D eigenvalue weighted by molar-refractivity contribution is 5.51. The lowest BCUT2D eigenvalue weighted by Gasteiger charge is -2.32. The van der Waals surface area contributed by atoms with Crippen LogP contribution < -0.4 is 10.1 Å². The maximum absolute atomic E-state index is 9.84. The maximum atomic E-state index is 9.84. The average molecular weight is 271 g/mol. The standard InChI is InChI=1S/C17H21NO2/c1-13-6-4-5-7-16(13)17(2,12-19)18-14-8-10-15(20-3)11-9-14/h4-11,18-19H,12H2,1-3H3. The number of benzene rings is 2. The number of hydrogen-bond acceptors (Lipinski definition) is 3. The van der Waals surface area contributed by atoms with E-state index >= 15 is 0 Å². The first-order valence-electron chi connectivity index (χ1n) is 6.68. The Balaban J connectivity index is 2.29. The fourth-order valence-electron chi connectivity index (χ4n) is 2.38. The van der Waals surface area contributed by atoms with Crippen LogP contribution in [0.25, 0.3) is 0 Å². The molecule has 2 rings (SSSR count). The molecule has 106 valence electrons. The fourth-order valence-corrected chi connectivity index (χ4v) is 2.38. The molecule has 0 fully saturated rings. The molecule has 0 saturated heterocycles. The number of nitrogens with one attached hydrogen (secondary N) is 1. The monoisotopic (exact) mass is 271 g/mol. The second-order valence-corrected chi connectivity index (χ2v) is 5.16. The van der Waals surface area contributed by atoms with Crippen molar-refractivity contribution in [2.45, 2.75) is 19.4 Å². The number of aliphatic hydroxyl groups is 1. The predicted octanol–water partition coefficient (Wildman–Crippen LogP) is 3.32. The Kier molecular flexibility index (Phi) is 4.30. The van der Waals surface area contributed by atoms with Crippen molar-refractivity contribution in [2.75, 3.05) is 19.0 Å². The molecule has 0 radical (unpaired) electrons. The Morgan fingerprint density at radius 1 is 1.10 bits per heavy atom. The van der Waals surface area contributed by atoms with Crippen molar-refractivity contribution in [3.8, 4) is 5.75 Å². The van der Waals surface area contributed by atoms with Crippen LogP contribution >= 0.6 is 0 Å². The van der Waals surface area contributed by atoms with Crippen LogP contribution in [0.1, 0.15) is 18.1 Å². The summed E-state index contributed by atoms with van der Waals surface area (Å²) in [5, 5.41) is 13.2. The highest BCUT2D eigenvalue weighted by Gasteiger charge is 2.26. The first-order valence-corrected chi connectivity index (χ1v) is 6.68. The number of methoxy groups -OCH3 is 1. The van der Waals surface area contributed by atoms with Crippen LogP contribution in [0.3, 0.4) is 0 Å². The minimum absolute atomic E-state index is 0.0177. The molecule has 0 spiro atoms. The molecule has 20 heavy (non-hydrogen) atoms. The lowest BCUT2D eigenvalue weighted by Crippen LogP contribution is -2.36. The third-order valence-corrected chi connectivity index (χ3v) is 3.57. The van der Waals surface area contributed by atoms with Crippen LogP contribution in [0.4, 0.5) is 5.69 Å². The summed E-state index contributed by atoms with van der Waals surface area (Å²) < 4.78 is 5.15. The van der Waals surface area contributed by atoms with Crippen molar-refractivity contribution in [1.29, 1.82) is 0 Å². The quantitative estimate of drug-likeness (QED) is 0.876. The predicted molar refractivity (Wildman–Crippen MR) is 82.2 cm³/mol. The van der Waals surface area contributed by atoms with Gasteiger partial charge in [-0.25, -0.2) is 0 Å². The molecule has 0 amide bonds. The van der Waals surface area contributed by atoms with Gasteiger partial charge in [0.1, 0.15) is 5.75 Å². The fraction of sp³-hybridized carbons (Fsp3) is 0.294. The summed E-state index contributed by atoms with van der Waals surface area (Å²) in [7, 11) is 1.65. The first-order chi connectivity index (χ1) is 9.59. The zero-order valence-electron chi connectivity index (χ0n) is 12.2. The van der Waals surface area contributed by atoms with Gasteiger partial charge in [-0.2, -0.15) is 0 Å². The maximum Gasteiger partial charge on any atom is 0.119 e. The highest BCUT2D eigenvalue weighted by Crippen LogP contribution is 2.28. The largest absolute Gasteiger partial charge is 0.497 e. The molecule has 2 aromatic carbocycles. The van der Waals surface area contributed by atoms with E-state index in [0.717, 1.165) is 22.6 Å². The normalized spacial score (nSPS) is 13.6. The zero-order chi connectivity index (χ0) is 14.6. The van der Waals surface area contributed by atoms with Crippen molar-refractivity contribution in [3.05, 3.63) is 59.7 Å². The van der Waals surface area contributed by atoms with E-state index in [9.17, 15) is 5.11 Å². The lowest BCUT2D eigenvalue weighted by molar-refractivity contribution is 0.223. The minimum atomic E-state index is -0.514. The third kappa shape index (κ3) is 2.94. The van der Waals surface area contributed by atoms with Crippen LogP contribution in [0.2, 0.25) is 0 Å². The SMILES string of the molecule is COc1ccc(NC(C)(CO)c2ccccc2C)cc1. The average Bonchev–Trinajstić information content (AvgIpc) is 2.48. The Bertz CT molecular complexity index is 565. The van der Waals surface area contributed by atoms with E-state index in [2.05, 4.69) is 18.3 Å². The van der Waals surface area contributed by atoms with E-state index in [4.69, 9.17) is 4.74 Å². The number of aryl methyl sites for hydroxylation is 1. The molecule has 3 heteroatoms. The van der Waals surface area contributed by atoms with Gasteiger partial charge in [0, 0.05) is 5.69 Å². The summed E-state index contributed by atoms with van der Waals surface area (Å²) in [6, 6.07) is 15.8. The Hall–Kier alpha value is -2.00. The molecule has 0 aromatic heterocycles. The second kappa shape index (κ2) is 5.97. The summed E-state index contributed by atoms with van der Waals surface area (Å²) in [5.74, 6) is 0.817. The molecule has 1 unspecified atom stereocenters. The molecule has 1 atom stereocenters. The van der Waals surface area contributed by atoms with Crippen LogP contribution in [-0.4, -0.2) is 18.8 Å². The molecule has 3 nitrogen and oxygen atoms in total. The van der Waals surface area contributed by atoms with Crippen molar-refractivity contribution < 1.29 is 9.84 Å². The van der Waals surface area contributed by atoms with Crippen molar-refractivity contribution in [1.82, 2.24) is 0 Å². The number of aliphatic hydroxyl groups excluding tert-OH is 1. The van der Waals surface area contributed by atoms with Gasteiger partial charge in [-0.05, 0) is 49.2 Å². The summed E-state index contributed by atoms with van der Waals surface area (Å²) in [5.41, 5.74) is 2.69. The van der Waals surface area contributed by atoms with Crippen LogP contribution in [0, 0.1) is 6.92 Å². The number of ether oxygens (including phenoxy) is 1. The summed E-state index contributed by atoms with van der Waals surface area (Å²) >= 11 is 0.